The second-order valence-corrected chi connectivity index (χ2v) is 5.09. The molecule has 4 nitrogen and oxygen atoms in total. The van der Waals surface area contributed by atoms with Crippen molar-refractivity contribution in [1.82, 2.24) is 5.32 Å². The maximum absolute atomic E-state index is 13.5. The van der Waals surface area contributed by atoms with Gasteiger partial charge in [-0.05, 0) is 35.0 Å². The van der Waals surface area contributed by atoms with Crippen LogP contribution in [-0.2, 0) is 0 Å². The zero-order valence-corrected chi connectivity index (χ0v) is 12.3. The summed E-state index contributed by atoms with van der Waals surface area (Å²) in [5.41, 5.74) is 0.819. The molecule has 6 heteroatoms. The van der Waals surface area contributed by atoms with Gasteiger partial charge in [0.25, 0.3) is 5.91 Å². The summed E-state index contributed by atoms with van der Waals surface area (Å²) in [6.45, 7) is 1.63. The van der Waals surface area contributed by atoms with E-state index in [-0.39, 0.29) is 17.9 Å². The normalized spacial score (nSPS) is 12.2. The van der Waals surface area contributed by atoms with Crippen LogP contribution in [-0.4, -0.2) is 17.6 Å². The fourth-order valence-corrected chi connectivity index (χ4v) is 2.30. The number of benzene rings is 1. The van der Waals surface area contributed by atoms with Gasteiger partial charge in [0.2, 0.25) is 0 Å². The van der Waals surface area contributed by atoms with Crippen molar-refractivity contribution in [2.75, 3.05) is 6.54 Å². The first-order valence-electron chi connectivity index (χ1n) is 5.95. The average Bonchev–Trinajstić information content (AvgIpc) is 2.75. The van der Waals surface area contributed by atoms with Crippen LogP contribution in [0.1, 0.15) is 27.8 Å². The summed E-state index contributed by atoms with van der Waals surface area (Å²) in [7, 11) is 0. The number of furan rings is 1. The number of amides is 1. The van der Waals surface area contributed by atoms with Crippen LogP contribution in [0.2, 0.25) is 0 Å². The molecular formula is C14H13BrFNO3. The molecule has 0 aliphatic heterocycles. The highest BCUT2D eigenvalue weighted by Gasteiger charge is 2.17. The van der Waals surface area contributed by atoms with Crippen LogP contribution in [0.15, 0.2) is 39.4 Å². The minimum atomic E-state index is -1.11. The lowest BCUT2D eigenvalue weighted by atomic mass is 10.1. The van der Waals surface area contributed by atoms with Gasteiger partial charge in [-0.25, -0.2) is 4.39 Å². The second kappa shape index (κ2) is 6.19. The molecule has 2 N–H and O–H groups in total. The standard InChI is InChI=1S/C14H13BrFNO3/c1-8-6-12(15)20-13(8)14(19)17-7-11(18)9-4-2-3-5-10(9)16/h2-6,11,18H,7H2,1H3,(H,17,19). The lowest BCUT2D eigenvalue weighted by molar-refractivity contribution is 0.0884. The van der Waals surface area contributed by atoms with Crippen LogP contribution in [0.3, 0.4) is 0 Å². The van der Waals surface area contributed by atoms with Crippen molar-refractivity contribution >= 4 is 21.8 Å². The van der Waals surface area contributed by atoms with Gasteiger partial charge < -0.3 is 14.8 Å². The van der Waals surface area contributed by atoms with Crippen LogP contribution in [0, 0.1) is 12.7 Å². The third-order valence-electron chi connectivity index (χ3n) is 2.81. The fourth-order valence-electron chi connectivity index (χ4n) is 1.79. The molecule has 1 atom stereocenters. The first kappa shape index (κ1) is 14.7. The first-order valence-corrected chi connectivity index (χ1v) is 6.75. The molecule has 106 valence electrons. The predicted octanol–water partition coefficient (Wildman–Crippen LogP) is 2.95. The lowest BCUT2D eigenvalue weighted by Crippen LogP contribution is -2.28. The number of nitrogens with one attached hydrogen (secondary N) is 1. The molecule has 1 unspecified atom stereocenters. The lowest BCUT2D eigenvalue weighted by Gasteiger charge is -2.12. The van der Waals surface area contributed by atoms with Gasteiger partial charge in [-0.2, -0.15) is 0 Å². The Balaban J connectivity index is 2.00. The molecule has 1 amide bonds. The molecule has 0 saturated carbocycles. The van der Waals surface area contributed by atoms with Gasteiger partial charge in [0.15, 0.2) is 10.4 Å². The minimum absolute atomic E-state index is 0.0997. The second-order valence-electron chi connectivity index (χ2n) is 4.31. The number of carbonyl (C=O) groups is 1. The maximum atomic E-state index is 13.5. The van der Waals surface area contributed by atoms with Gasteiger partial charge in [0.1, 0.15) is 5.82 Å². The molecule has 0 bridgehead atoms. The first-order chi connectivity index (χ1) is 9.49. The molecule has 0 spiro atoms. The highest BCUT2D eigenvalue weighted by Crippen LogP contribution is 2.20. The van der Waals surface area contributed by atoms with Crippen molar-refractivity contribution in [3.8, 4) is 0 Å². The number of aliphatic hydroxyl groups is 1. The maximum Gasteiger partial charge on any atom is 0.287 e. The number of aryl methyl sites for hydroxylation is 1. The van der Waals surface area contributed by atoms with E-state index in [0.717, 1.165) is 0 Å². The van der Waals surface area contributed by atoms with Crippen LogP contribution < -0.4 is 5.32 Å². The summed E-state index contributed by atoms with van der Waals surface area (Å²) in [4.78, 5) is 11.9. The molecule has 1 heterocycles. The van der Waals surface area contributed by atoms with Gasteiger partial charge in [0.05, 0.1) is 6.10 Å². The van der Waals surface area contributed by atoms with Gasteiger partial charge in [-0.15, -0.1) is 0 Å². The van der Waals surface area contributed by atoms with E-state index in [2.05, 4.69) is 21.2 Å². The smallest absolute Gasteiger partial charge is 0.287 e. The summed E-state index contributed by atoms with van der Waals surface area (Å²) in [5, 5.41) is 12.4. The molecule has 0 fully saturated rings. The Morgan fingerprint density at radius 3 is 2.80 bits per heavy atom. The predicted molar refractivity (Wildman–Crippen MR) is 74.8 cm³/mol. The molecule has 20 heavy (non-hydrogen) atoms. The molecule has 1 aromatic heterocycles. The van der Waals surface area contributed by atoms with Crippen LogP contribution in [0.25, 0.3) is 0 Å². The average molecular weight is 342 g/mol. The largest absolute Gasteiger partial charge is 0.444 e. The highest BCUT2D eigenvalue weighted by atomic mass is 79.9. The van der Waals surface area contributed by atoms with E-state index < -0.39 is 17.8 Å². The third-order valence-corrected chi connectivity index (χ3v) is 3.20. The van der Waals surface area contributed by atoms with Gasteiger partial charge in [-0.1, -0.05) is 18.2 Å². The summed E-state index contributed by atoms with van der Waals surface area (Å²) in [5.74, 6) is -0.799. The number of hydrogen-bond acceptors (Lipinski definition) is 3. The topological polar surface area (TPSA) is 62.5 Å². The number of carbonyl (C=O) groups excluding carboxylic acids is 1. The minimum Gasteiger partial charge on any atom is -0.444 e. The van der Waals surface area contributed by atoms with E-state index in [1.165, 1.54) is 18.2 Å². The van der Waals surface area contributed by atoms with E-state index in [1.807, 2.05) is 0 Å². The van der Waals surface area contributed by atoms with Gasteiger partial charge >= 0.3 is 0 Å². The monoisotopic (exact) mass is 341 g/mol. The number of rotatable bonds is 4. The molecule has 2 rings (SSSR count). The van der Waals surface area contributed by atoms with E-state index in [0.29, 0.717) is 10.2 Å². The SMILES string of the molecule is Cc1cc(Br)oc1C(=O)NCC(O)c1ccccc1F. The van der Waals surface area contributed by atoms with Crippen molar-refractivity contribution in [2.45, 2.75) is 13.0 Å². The molecule has 0 saturated heterocycles. The summed E-state index contributed by atoms with van der Waals surface area (Å²) in [6, 6.07) is 7.56. The Morgan fingerprint density at radius 1 is 1.50 bits per heavy atom. The quantitative estimate of drug-likeness (QED) is 0.898. The molecule has 0 radical (unpaired) electrons. The van der Waals surface area contributed by atoms with Gasteiger partial charge in [0, 0.05) is 17.7 Å². The third kappa shape index (κ3) is 3.26. The molecular weight excluding hydrogens is 329 g/mol. The van der Waals surface area contributed by atoms with Crippen LogP contribution in [0.4, 0.5) is 4.39 Å². The number of halogens is 2. The summed E-state index contributed by atoms with van der Waals surface area (Å²) in [6.07, 6.45) is -1.11. The molecule has 2 aromatic rings. The van der Waals surface area contributed by atoms with Crippen molar-refractivity contribution in [2.24, 2.45) is 0 Å². The Labute approximate surface area is 123 Å². The Morgan fingerprint density at radius 2 is 2.20 bits per heavy atom. The fraction of sp³-hybridized carbons (Fsp3) is 0.214. The van der Waals surface area contributed by atoms with Gasteiger partial charge in [-0.3, -0.25) is 4.79 Å². The Hall–Kier alpha value is -1.66. The van der Waals surface area contributed by atoms with Crippen LogP contribution >= 0.6 is 15.9 Å². The van der Waals surface area contributed by atoms with Crippen molar-refractivity contribution in [3.05, 3.63) is 57.7 Å². The van der Waals surface area contributed by atoms with Crippen molar-refractivity contribution < 1.29 is 18.7 Å². The van der Waals surface area contributed by atoms with Crippen molar-refractivity contribution in [3.63, 3.8) is 0 Å². The molecule has 1 aromatic carbocycles. The zero-order valence-electron chi connectivity index (χ0n) is 10.7. The van der Waals surface area contributed by atoms with E-state index in [4.69, 9.17) is 4.42 Å². The molecule has 0 aliphatic carbocycles. The van der Waals surface area contributed by atoms with E-state index in [9.17, 15) is 14.3 Å². The van der Waals surface area contributed by atoms with Crippen molar-refractivity contribution in [1.29, 1.82) is 0 Å². The number of hydrogen-bond donors (Lipinski definition) is 2. The number of aliphatic hydroxyl groups excluding tert-OH is 1. The van der Waals surface area contributed by atoms with E-state index in [1.54, 1.807) is 19.1 Å². The summed E-state index contributed by atoms with van der Waals surface area (Å²) >= 11 is 3.13. The Bertz CT molecular complexity index is 627. The highest BCUT2D eigenvalue weighted by molar-refractivity contribution is 9.10. The van der Waals surface area contributed by atoms with E-state index >= 15 is 0 Å². The zero-order chi connectivity index (χ0) is 14.7. The summed E-state index contributed by atoms with van der Waals surface area (Å²) < 4.78 is 19.1. The molecule has 0 aliphatic rings. The Kier molecular flexibility index (Phi) is 4.57. The van der Waals surface area contributed by atoms with Crippen LogP contribution in [0.5, 0.6) is 0 Å².